The third-order valence-electron chi connectivity index (χ3n) is 4.38. The number of aromatic nitrogens is 2. The second kappa shape index (κ2) is 9.52. The molecule has 0 aliphatic heterocycles. The molecule has 0 unspecified atom stereocenters. The number of carbonyl (C=O) groups is 1. The van der Waals surface area contributed by atoms with E-state index < -0.39 is 0 Å². The van der Waals surface area contributed by atoms with Crippen molar-refractivity contribution in [1.29, 1.82) is 0 Å². The summed E-state index contributed by atoms with van der Waals surface area (Å²) in [5, 5.41) is 6.85. The summed E-state index contributed by atoms with van der Waals surface area (Å²) in [5.41, 5.74) is 0.559. The van der Waals surface area contributed by atoms with Crippen molar-refractivity contribution in [3.8, 4) is 0 Å². The first-order valence-corrected chi connectivity index (χ1v) is 9.91. The average Bonchev–Trinajstić information content (AvgIpc) is 2.67. The number of nitrogens with zero attached hydrogens (tertiary/aromatic N) is 2. The molecule has 7 heteroatoms. The smallest absolute Gasteiger partial charge is 0.230 e. The molecule has 2 aromatic rings. The van der Waals surface area contributed by atoms with Crippen molar-refractivity contribution < 1.29 is 9.18 Å². The SMILES string of the molecule is O=C(CSc1nccnc1NCc1ccccc1F)NC1CCCCC1. The van der Waals surface area contributed by atoms with Crippen LogP contribution in [-0.4, -0.2) is 27.7 Å². The lowest BCUT2D eigenvalue weighted by Crippen LogP contribution is -2.37. The largest absolute Gasteiger partial charge is 0.364 e. The average molecular weight is 374 g/mol. The Balaban J connectivity index is 1.53. The normalized spacial score (nSPS) is 14.8. The van der Waals surface area contributed by atoms with Crippen molar-refractivity contribution in [2.24, 2.45) is 0 Å². The molecule has 1 aromatic heterocycles. The van der Waals surface area contributed by atoms with Gasteiger partial charge in [-0.05, 0) is 18.9 Å². The summed E-state index contributed by atoms with van der Waals surface area (Å²) in [6, 6.07) is 6.91. The first-order valence-electron chi connectivity index (χ1n) is 8.93. The molecule has 1 saturated carbocycles. The maximum Gasteiger partial charge on any atom is 0.230 e. The Morgan fingerprint density at radius 1 is 1.15 bits per heavy atom. The van der Waals surface area contributed by atoms with E-state index in [1.54, 1.807) is 30.6 Å². The fourth-order valence-corrected chi connectivity index (χ4v) is 3.77. The molecule has 1 aliphatic rings. The lowest BCUT2D eigenvalue weighted by atomic mass is 9.95. The van der Waals surface area contributed by atoms with E-state index in [1.807, 2.05) is 0 Å². The maximum absolute atomic E-state index is 13.7. The predicted octanol–water partition coefficient (Wildman–Crippen LogP) is 3.77. The number of thioether (sulfide) groups is 1. The topological polar surface area (TPSA) is 66.9 Å². The fourth-order valence-electron chi connectivity index (χ4n) is 3.02. The highest BCUT2D eigenvalue weighted by atomic mass is 32.2. The van der Waals surface area contributed by atoms with Crippen LogP contribution in [0.25, 0.3) is 0 Å². The van der Waals surface area contributed by atoms with Crippen LogP contribution < -0.4 is 10.6 Å². The van der Waals surface area contributed by atoms with Crippen LogP contribution in [0.2, 0.25) is 0 Å². The highest BCUT2D eigenvalue weighted by molar-refractivity contribution is 8.00. The van der Waals surface area contributed by atoms with Crippen LogP contribution in [0.1, 0.15) is 37.7 Å². The van der Waals surface area contributed by atoms with Crippen LogP contribution in [0.3, 0.4) is 0 Å². The summed E-state index contributed by atoms with van der Waals surface area (Å²) in [7, 11) is 0. The Hall–Kier alpha value is -2.15. The zero-order chi connectivity index (χ0) is 18.2. The molecular weight excluding hydrogens is 351 g/mol. The van der Waals surface area contributed by atoms with E-state index in [9.17, 15) is 9.18 Å². The third kappa shape index (κ3) is 5.42. The summed E-state index contributed by atoms with van der Waals surface area (Å²) in [4.78, 5) is 20.7. The fraction of sp³-hybridized carbons (Fsp3) is 0.421. The molecule has 5 nitrogen and oxygen atoms in total. The molecule has 3 rings (SSSR count). The van der Waals surface area contributed by atoms with Gasteiger partial charge in [-0.1, -0.05) is 49.2 Å². The molecule has 0 spiro atoms. The lowest BCUT2D eigenvalue weighted by Gasteiger charge is -2.22. The zero-order valence-electron chi connectivity index (χ0n) is 14.6. The monoisotopic (exact) mass is 374 g/mol. The van der Waals surface area contributed by atoms with Crippen LogP contribution in [-0.2, 0) is 11.3 Å². The van der Waals surface area contributed by atoms with Gasteiger partial charge < -0.3 is 10.6 Å². The number of amides is 1. The van der Waals surface area contributed by atoms with Crippen molar-refractivity contribution in [1.82, 2.24) is 15.3 Å². The van der Waals surface area contributed by atoms with Gasteiger partial charge in [0.15, 0.2) is 5.82 Å². The molecule has 1 aliphatic carbocycles. The molecule has 0 atom stereocenters. The van der Waals surface area contributed by atoms with Gasteiger partial charge in [0.2, 0.25) is 5.91 Å². The molecular formula is C19H23FN4OS. The Kier molecular flexibility index (Phi) is 6.82. The van der Waals surface area contributed by atoms with E-state index in [2.05, 4.69) is 20.6 Å². The third-order valence-corrected chi connectivity index (χ3v) is 5.36. The zero-order valence-corrected chi connectivity index (χ0v) is 15.4. The molecule has 0 bridgehead atoms. The maximum atomic E-state index is 13.7. The van der Waals surface area contributed by atoms with E-state index in [0.29, 0.717) is 34.7 Å². The van der Waals surface area contributed by atoms with Crippen LogP contribution in [0, 0.1) is 5.82 Å². The van der Waals surface area contributed by atoms with E-state index >= 15 is 0 Å². The van der Waals surface area contributed by atoms with Gasteiger partial charge in [0.1, 0.15) is 10.8 Å². The van der Waals surface area contributed by atoms with Crippen molar-refractivity contribution in [3.05, 3.63) is 48.0 Å². The predicted molar refractivity (Wildman–Crippen MR) is 101 cm³/mol. The summed E-state index contributed by atoms with van der Waals surface area (Å²) in [5.74, 6) is 0.618. The van der Waals surface area contributed by atoms with Gasteiger partial charge in [-0.3, -0.25) is 4.79 Å². The summed E-state index contributed by atoms with van der Waals surface area (Å²) in [6.45, 7) is 0.313. The number of nitrogens with one attached hydrogen (secondary N) is 2. The second-order valence-corrected chi connectivity index (χ2v) is 7.31. The van der Waals surface area contributed by atoms with Crippen molar-refractivity contribution in [2.75, 3.05) is 11.1 Å². The van der Waals surface area contributed by atoms with Crippen LogP contribution >= 0.6 is 11.8 Å². The molecule has 2 N–H and O–H groups in total. The number of rotatable bonds is 7. The van der Waals surface area contributed by atoms with Crippen molar-refractivity contribution in [3.63, 3.8) is 0 Å². The first kappa shape index (κ1) is 18.6. The van der Waals surface area contributed by atoms with Gasteiger partial charge in [0, 0.05) is 30.5 Å². The van der Waals surface area contributed by atoms with E-state index in [-0.39, 0.29) is 11.7 Å². The summed E-state index contributed by atoms with van der Waals surface area (Å²) in [6.07, 6.45) is 8.94. The van der Waals surface area contributed by atoms with Gasteiger partial charge in [-0.2, -0.15) is 0 Å². The molecule has 1 heterocycles. The van der Waals surface area contributed by atoms with Crippen molar-refractivity contribution >= 4 is 23.5 Å². The highest BCUT2D eigenvalue weighted by Gasteiger charge is 2.16. The minimum absolute atomic E-state index is 0.0209. The Morgan fingerprint density at radius 2 is 1.92 bits per heavy atom. The molecule has 26 heavy (non-hydrogen) atoms. The Labute approximate surface area is 157 Å². The van der Waals surface area contributed by atoms with Crippen LogP contribution in [0.15, 0.2) is 41.7 Å². The number of hydrogen-bond acceptors (Lipinski definition) is 5. The van der Waals surface area contributed by atoms with Crippen LogP contribution in [0.4, 0.5) is 10.2 Å². The molecule has 0 saturated heterocycles. The number of halogens is 1. The molecule has 1 fully saturated rings. The Morgan fingerprint density at radius 3 is 2.73 bits per heavy atom. The quantitative estimate of drug-likeness (QED) is 0.722. The van der Waals surface area contributed by atoms with Gasteiger partial charge in [-0.25, -0.2) is 14.4 Å². The van der Waals surface area contributed by atoms with Gasteiger partial charge in [-0.15, -0.1) is 0 Å². The van der Waals surface area contributed by atoms with Gasteiger partial charge in [0.25, 0.3) is 0 Å². The van der Waals surface area contributed by atoms with Crippen molar-refractivity contribution in [2.45, 2.75) is 49.7 Å². The van der Waals surface area contributed by atoms with Gasteiger partial charge >= 0.3 is 0 Å². The van der Waals surface area contributed by atoms with E-state index in [1.165, 1.54) is 37.1 Å². The van der Waals surface area contributed by atoms with Gasteiger partial charge in [0.05, 0.1) is 5.75 Å². The molecule has 0 radical (unpaired) electrons. The summed E-state index contributed by atoms with van der Waals surface area (Å²) < 4.78 is 13.7. The van der Waals surface area contributed by atoms with Crippen LogP contribution in [0.5, 0.6) is 0 Å². The number of hydrogen-bond donors (Lipinski definition) is 2. The molecule has 138 valence electrons. The number of anilines is 1. The number of benzene rings is 1. The van der Waals surface area contributed by atoms with E-state index in [0.717, 1.165) is 12.8 Å². The lowest BCUT2D eigenvalue weighted by molar-refractivity contribution is -0.119. The van der Waals surface area contributed by atoms with E-state index in [4.69, 9.17) is 0 Å². The second-order valence-electron chi connectivity index (χ2n) is 6.35. The number of carbonyl (C=O) groups excluding carboxylic acids is 1. The molecule has 1 amide bonds. The minimum atomic E-state index is -0.259. The Bertz CT molecular complexity index is 737. The highest BCUT2D eigenvalue weighted by Crippen LogP contribution is 2.23. The summed E-state index contributed by atoms with van der Waals surface area (Å²) >= 11 is 1.34. The minimum Gasteiger partial charge on any atom is -0.364 e. The standard InChI is InChI=1S/C19H23FN4OS/c20-16-9-5-4-6-14(16)12-23-18-19(22-11-10-21-18)26-13-17(25)24-15-7-2-1-3-8-15/h4-6,9-11,15H,1-3,7-8,12-13H2,(H,21,23)(H,24,25). The molecule has 1 aromatic carbocycles. The first-order chi connectivity index (χ1) is 12.7.